The second-order valence-corrected chi connectivity index (χ2v) is 6.80. The number of hydrogen-bond donors (Lipinski definition) is 2. The Morgan fingerprint density at radius 3 is 2.92 bits per heavy atom. The van der Waals surface area contributed by atoms with Crippen molar-refractivity contribution in [2.75, 3.05) is 20.3 Å². The summed E-state index contributed by atoms with van der Waals surface area (Å²) in [5.41, 5.74) is 1.02. The van der Waals surface area contributed by atoms with Gasteiger partial charge in [0.1, 0.15) is 13.2 Å². The van der Waals surface area contributed by atoms with Crippen LogP contribution < -0.4 is 20.1 Å². The van der Waals surface area contributed by atoms with Gasteiger partial charge in [0.15, 0.2) is 17.5 Å². The van der Waals surface area contributed by atoms with Gasteiger partial charge in [-0.3, -0.25) is 4.99 Å². The molecular formula is C17H22ClN3O3. The van der Waals surface area contributed by atoms with Gasteiger partial charge in [-0.05, 0) is 37.0 Å². The molecule has 1 aromatic rings. The molecule has 7 heteroatoms. The number of halogens is 1. The van der Waals surface area contributed by atoms with Gasteiger partial charge in [0.2, 0.25) is 0 Å². The van der Waals surface area contributed by atoms with Gasteiger partial charge < -0.3 is 24.8 Å². The summed E-state index contributed by atoms with van der Waals surface area (Å²) >= 11 is 6.28. The second kappa shape index (κ2) is 6.69. The predicted molar refractivity (Wildman–Crippen MR) is 92.1 cm³/mol. The SMILES string of the molecule is CN=C(NCc1cc(Cl)c2c(c1)OCCO2)NC1CC2CCC1O2. The molecule has 130 valence electrons. The highest BCUT2D eigenvalue weighted by Crippen LogP contribution is 2.38. The first kappa shape index (κ1) is 15.8. The molecule has 0 radical (unpaired) electrons. The minimum Gasteiger partial charge on any atom is -0.486 e. The van der Waals surface area contributed by atoms with E-state index in [0.717, 1.165) is 24.4 Å². The molecule has 3 aliphatic heterocycles. The Bertz CT molecular complexity index is 652. The lowest BCUT2D eigenvalue weighted by Gasteiger charge is -2.23. The van der Waals surface area contributed by atoms with Crippen LogP contribution in [-0.2, 0) is 11.3 Å². The third kappa shape index (κ3) is 3.13. The van der Waals surface area contributed by atoms with Crippen LogP contribution in [0.5, 0.6) is 11.5 Å². The summed E-state index contributed by atoms with van der Waals surface area (Å²) in [6.07, 6.45) is 4.11. The maximum Gasteiger partial charge on any atom is 0.191 e. The van der Waals surface area contributed by atoms with Gasteiger partial charge in [0, 0.05) is 13.6 Å². The van der Waals surface area contributed by atoms with Crippen LogP contribution in [0.1, 0.15) is 24.8 Å². The van der Waals surface area contributed by atoms with Crippen LogP contribution >= 0.6 is 11.6 Å². The van der Waals surface area contributed by atoms with E-state index >= 15 is 0 Å². The number of guanidine groups is 1. The van der Waals surface area contributed by atoms with E-state index < -0.39 is 0 Å². The predicted octanol–water partition coefficient (Wildman–Crippen LogP) is 2.10. The quantitative estimate of drug-likeness (QED) is 0.645. The van der Waals surface area contributed by atoms with E-state index in [4.69, 9.17) is 25.8 Å². The molecule has 2 saturated heterocycles. The molecule has 0 amide bonds. The molecular weight excluding hydrogens is 330 g/mol. The number of aliphatic imine (C=N–C) groups is 1. The van der Waals surface area contributed by atoms with E-state index in [1.54, 1.807) is 7.05 Å². The fourth-order valence-corrected chi connectivity index (χ4v) is 3.90. The zero-order valence-electron chi connectivity index (χ0n) is 13.7. The fourth-order valence-electron chi connectivity index (χ4n) is 3.61. The third-order valence-electron chi connectivity index (χ3n) is 4.77. The Labute approximate surface area is 146 Å². The number of hydrogen-bond acceptors (Lipinski definition) is 4. The molecule has 2 bridgehead atoms. The molecule has 0 spiro atoms. The maximum atomic E-state index is 6.28. The number of fused-ring (bicyclic) bond motifs is 3. The Kier molecular flexibility index (Phi) is 4.41. The van der Waals surface area contributed by atoms with Gasteiger partial charge in [-0.1, -0.05) is 11.6 Å². The minimum atomic E-state index is 0.317. The standard InChI is InChI=1S/C17H22ClN3O3/c1-19-17(21-13-8-11-2-3-14(13)24-11)20-9-10-6-12(18)16-15(7-10)22-4-5-23-16/h6-7,11,13-14H,2-5,8-9H2,1H3,(H2,19,20,21). The summed E-state index contributed by atoms with van der Waals surface area (Å²) in [5.74, 6) is 2.12. The minimum absolute atomic E-state index is 0.317. The smallest absolute Gasteiger partial charge is 0.191 e. The first-order valence-corrected chi connectivity index (χ1v) is 8.81. The van der Waals surface area contributed by atoms with Crippen LogP contribution in [0.3, 0.4) is 0 Å². The lowest BCUT2D eigenvalue weighted by atomic mass is 9.96. The Morgan fingerprint density at radius 1 is 1.29 bits per heavy atom. The molecule has 2 fully saturated rings. The van der Waals surface area contributed by atoms with Gasteiger partial charge in [0.25, 0.3) is 0 Å². The number of rotatable bonds is 3. The average Bonchev–Trinajstić information content (AvgIpc) is 3.21. The van der Waals surface area contributed by atoms with Crippen molar-refractivity contribution in [1.29, 1.82) is 0 Å². The average molecular weight is 352 g/mol. The molecule has 0 saturated carbocycles. The normalized spacial score (nSPS) is 28.1. The molecule has 3 heterocycles. The molecule has 4 rings (SSSR count). The van der Waals surface area contributed by atoms with Gasteiger partial charge in [-0.15, -0.1) is 0 Å². The molecule has 3 aliphatic rings. The first-order valence-electron chi connectivity index (χ1n) is 8.43. The highest BCUT2D eigenvalue weighted by Gasteiger charge is 2.41. The van der Waals surface area contributed by atoms with Crippen molar-refractivity contribution in [3.05, 3.63) is 22.7 Å². The Morgan fingerprint density at radius 2 is 2.17 bits per heavy atom. The van der Waals surface area contributed by atoms with Gasteiger partial charge in [-0.25, -0.2) is 0 Å². The second-order valence-electron chi connectivity index (χ2n) is 6.39. The summed E-state index contributed by atoms with van der Waals surface area (Å²) in [6.45, 7) is 1.69. The van der Waals surface area contributed by atoms with Gasteiger partial charge in [0.05, 0.1) is 23.3 Å². The summed E-state index contributed by atoms with van der Waals surface area (Å²) in [5, 5.41) is 7.38. The number of nitrogens with one attached hydrogen (secondary N) is 2. The van der Waals surface area contributed by atoms with Crippen LogP contribution in [0.15, 0.2) is 17.1 Å². The summed E-state index contributed by atoms with van der Waals surface area (Å²) in [7, 11) is 1.78. The number of ether oxygens (including phenoxy) is 3. The molecule has 3 atom stereocenters. The van der Waals surface area contributed by atoms with Crippen molar-refractivity contribution in [2.24, 2.45) is 4.99 Å². The summed E-state index contributed by atoms with van der Waals surface area (Å²) in [6, 6.07) is 4.20. The van der Waals surface area contributed by atoms with Crippen LogP contribution in [0.25, 0.3) is 0 Å². The Balaban J connectivity index is 1.37. The molecule has 6 nitrogen and oxygen atoms in total. The molecule has 24 heavy (non-hydrogen) atoms. The van der Waals surface area contributed by atoms with Gasteiger partial charge in [-0.2, -0.15) is 0 Å². The third-order valence-corrected chi connectivity index (χ3v) is 5.05. The van der Waals surface area contributed by atoms with Crippen molar-refractivity contribution in [2.45, 2.75) is 44.1 Å². The van der Waals surface area contributed by atoms with Crippen LogP contribution in [0, 0.1) is 0 Å². The molecule has 1 aromatic carbocycles. The maximum absolute atomic E-state index is 6.28. The van der Waals surface area contributed by atoms with E-state index in [1.807, 2.05) is 12.1 Å². The van der Waals surface area contributed by atoms with Crippen molar-refractivity contribution >= 4 is 17.6 Å². The van der Waals surface area contributed by atoms with Crippen molar-refractivity contribution in [1.82, 2.24) is 10.6 Å². The monoisotopic (exact) mass is 351 g/mol. The lowest BCUT2D eigenvalue weighted by molar-refractivity contribution is 0.0992. The Hall–Kier alpha value is -1.66. The van der Waals surface area contributed by atoms with Crippen molar-refractivity contribution in [3.8, 4) is 11.5 Å². The van der Waals surface area contributed by atoms with E-state index in [0.29, 0.717) is 54.5 Å². The molecule has 3 unspecified atom stereocenters. The van der Waals surface area contributed by atoms with Crippen LogP contribution in [0.2, 0.25) is 5.02 Å². The van der Waals surface area contributed by atoms with Crippen LogP contribution in [-0.4, -0.2) is 44.5 Å². The number of benzene rings is 1. The largest absolute Gasteiger partial charge is 0.486 e. The van der Waals surface area contributed by atoms with Crippen molar-refractivity contribution < 1.29 is 14.2 Å². The van der Waals surface area contributed by atoms with E-state index in [2.05, 4.69) is 15.6 Å². The zero-order chi connectivity index (χ0) is 16.5. The van der Waals surface area contributed by atoms with E-state index in [-0.39, 0.29) is 0 Å². The molecule has 0 aromatic heterocycles. The van der Waals surface area contributed by atoms with E-state index in [1.165, 1.54) is 6.42 Å². The molecule has 0 aliphatic carbocycles. The fraction of sp³-hybridized carbons (Fsp3) is 0.588. The number of nitrogens with zero attached hydrogens (tertiary/aromatic N) is 1. The molecule has 2 N–H and O–H groups in total. The highest BCUT2D eigenvalue weighted by atomic mass is 35.5. The van der Waals surface area contributed by atoms with Gasteiger partial charge >= 0.3 is 0 Å². The van der Waals surface area contributed by atoms with Crippen LogP contribution in [0.4, 0.5) is 0 Å². The summed E-state index contributed by atoms with van der Waals surface area (Å²) < 4.78 is 17.0. The van der Waals surface area contributed by atoms with Crippen molar-refractivity contribution in [3.63, 3.8) is 0 Å². The topological polar surface area (TPSA) is 64.1 Å². The summed E-state index contributed by atoms with van der Waals surface area (Å²) in [4.78, 5) is 4.31. The highest BCUT2D eigenvalue weighted by molar-refractivity contribution is 6.32. The first-order chi connectivity index (χ1) is 11.7. The lowest BCUT2D eigenvalue weighted by Crippen LogP contribution is -2.47. The van der Waals surface area contributed by atoms with E-state index in [9.17, 15) is 0 Å². The zero-order valence-corrected chi connectivity index (χ0v) is 14.4.